The average molecular weight is 303 g/mol. The summed E-state index contributed by atoms with van der Waals surface area (Å²) in [4.78, 5) is 12.7. The average Bonchev–Trinajstić information content (AvgIpc) is 3.21. The first-order chi connectivity index (χ1) is 8.89. The van der Waals surface area contributed by atoms with Gasteiger partial charge in [-0.2, -0.15) is 0 Å². The van der Waals surface area contributed by atoms with Gasteiger partial charge in [-0.05, 0) is 38.5 Å². The highest BCUT2D eigenvalue weighted by molar-refractivity contribution is 5.89. The van der Waals surface area contributed by atoms with E-state index in [9.17, 15) is 4.79 Å². The second-order valence-electron chi connectivity index (χ2n) is 7.23. The zero-order chi connectivity index (χ0) is 13.8. The number of nitrogens with one attached hydrogen (secondary N) is 1. The summed E-state index contributed by atoms with van der Waals surface area (Å²) >= 11 is 0. The maximum absolute atomic E-state index is 12.7. The summed E-state index contributed by atoms with van der Waals surface area (Å²) in [5.74, 6) is 0.875. The summed E-state index contributed by atoms with van der Waals surface area (Å²) in [7, 11) is 0. The molecule has 3 aliphatic rings. The predicted octanol–water partition coefficient (Wildman–Crippen LogP) is 1.86. The van der Waals surface area contributed by atoms with Gasteiger partial charge in [-0.25, -0.2) is 0 Å². The second-order valence-corrected chi connectivity index (χ2v) is 7.23. The third kappa shape index (κ3) is 2.08. The van der Waals surface area contributed by atoms with Gasteiger partial charge in [0.05, 0.1) is 6.10 Å². The second kappa shape index (κ2) is 5.15. The van der Waals surface area contributed by atoms with Gasteiger partial charge in [-0.3, -0.25) is 4.79 Å². The van der Waals surface area contributed by atoms with Gasteiger partial charge in [-0.15, -0.1) is 12.4 Å². The molecule has 0 spiro atoms. The van der Waals surface area contributed by atoms with Gasteiger partial charge in [0.2, 0.25) is 5.91 Å². The Morgan fingerprint density at radius 2 is 2.00 bits per heavy atom. The molecule has 4 atom stereocenters. The van der Waals surface area contributed by atoms with Gasteiger partial charge < -0.3 is 15.8 Å². The van der Waals surface area contributed by atoms with Crippen LogP contribution in [0.15, 0.2) is 0 Å². The van der Waals surface area contributed by atoms with Crippen LogP contribution in [0.4, 0.5) is 0 Å². The summed E-state index contributed by atoms with van der Waals surface area (Å²) in [5.41, 5.74) is 5.52. The number of ether oxygens (including phenoxy) is 1. The Morgan fingerprint density at radius 1 is 1.35 bits per heavy atom. The van der Waals surface area contributed by atoms with Gasteiger partial charge in [-0.1, -0.05) is 13.8 Å². The third-order valence-electron chi connectivity index (χ3n) is 5.75. The fourth-order valence-electron chi connectivity index (χ4n) is 4.08. The summed E-state index contributed by atoms with van der Waals surface area (Å²) in [6.45, 7) is 7.04. The number of halogens is 1. The Hall–Kier alpha value is -0.320. The first-order valence-corrected chi connectivity index (χ1v) is 7.60. The molecule has 1 heterocycles. The summed E-state index contributed by atoms with van der Waals surface area (Å²) in [6.07, 6.45) is 4.64. The Balaban J connectivity index is 0.00000147. The van der Waals surface area contributed by atoms with Crippen molar-refractivity contribution in [2.45, 2.75) is 64.1 Å². The lowest BCUT2D eigenvalue weighted by Gasteiger charge is -2.65. The number of rotatable bonds is 3. The quantitative estimate of drug-likeness (QED) is 0.836. The van der Waals surface area contributed by atoms with Crippen LogP contribution in [0.3, 0.4) is 0 Å². The van der Waals surface area contributed by atoms with Crippen LogP contribution in [0.5, 0.6) is 0 Å². The van der Waals surface area contributed by atoms with E-state index in [-0.39, 0.29) is 41.8 Å². The van der Waals surface area contributed by atoms with E-state index in [1.165, 1.54) is 12.8 Å². The minimum Gasteiger partial charge on any atom is -0.377 e. The minimum atomic E-state index is -0.763. The van der Waals surface area contributed by atoms with E-state index in [4.69, 9.17) is 10.5 Å². The van der Waals surface area contributed by atoms with E-state index in [0.717, 1.165) is 19.4 Å². The fraction of sp³-hybridized carbons (Fsp3) is 0.933. The van der Waals surface area contributed by atoms with Crippen molar-refractivity contribution in [1.82, 2.24) is 5.32 Å². The molecular formula is C15H27ClN2O2. The highest BCUT2D eigenvalue weighted by Crippen LogP contribution is 2.57. The highest BCUT2D eigenvalue weighted by Gasteiger charge is 2.70. The van der Waals surface area contributed by atoms with E-state index in [1.807, 2.05) is 0 Å². The summed E-state index contributed by atoms with van der Waals surface area (Å²) in [5, 5.41) is 3.15. The lowest BCUT2D eigenvalue weighted by Crippen LogP contribution is -2.82. The number of carbonyl (C=O) groups excluding carboxylic acids is 1. The van der Waals surface area contributed by atoms with E-state index in [2.05, 4.69) is 26.1 Å². The van der Waals surface area contributed by atoms with Crippen LogP contribution < -0.4 is 11.1 Å². The molecule has 3 fully saturated rings. The number of carbonyl (C=O) groups is 1. The highest BCUT2D eigenvalue weighted by atomic mass is 35.5. The van der Waals surface area contributed by atoms with Gasteiger partial charge in [0.15, 0.2) is 0 Å². The van der Waals surface area contributed by atoms with Crippen molar-refractivity contribution in [3.05, 3.63) is 0 Å². The Bertz CT molecular complexity index is 397. The smallest absolute Gasteiger partial charge is 0.241 e. The van der Waals surface area contributed by atoms with Crippen LogP contribution in [0, 0.1) is 17.3 Å². The molecule has 0 bridgehead atoms. The molecule has 0 aromatic heterocycles. The molecular weight excluding hydrogens is 276 g/mol. The molecule has 2 aliphatic carbocycles. The monoisotopic (exact) mass is 302 g/mol. The number of amides is 1. The summed E-state index contributed by atoms with van der Waals surface area (Å²) in [6, 6.07) is 0.257. The zero-order valence-electron chi connectivity index (χ0n) is 12.6. The molecule has 4 nitrogen and oxygen atoms in total. The van der Waals surface area contributed by atoms with Crippen molar-refractivity contribution in [3.63, 3.8) is 0 Å². The number of fused-ring (bicyclic) bond motifs is 1. The molecule has 2 saturated carbocycles. The molecule has 3 rings (SSSR count). The third-order valence-corrected chi connectivity index (χ3v) is 5.75. The van der Waals surface area contributed by atoms with E-state index >= 15 is 0 Å². The van der Waals surface area contributed by atoms with Crippen molar-refractivity contribution >= 4 is 18.3 Å². The Kier molecular flexibility index (Phi) is 4.13. The number of nitrogens with two attached hydrogens (primary N) is 1. The van der Waals surface area contributed by atoms with Crippen LogP contribution in [-0.4, -0.2) is 30.2 Å². The van der Waals surface area contributed by atoms with Crippen molar-refractivity contribution in [1.29, 1.82) is 0 Å². The van der Waals surface area contributed by atoms with Crippen LogP contribution >= 0.6 is 12.4 Å². The lowest BCUT2D eigenvalue weighted by molar-refractivity contribution is -0.225. The largest absolute Gasteiger partial charge is 0.377 e. The zero-order valence-corrected chi connectivity index (χ0v) is 13.5. The molecule has 1 amide bonds. The van der Waals surface area contributed by atoms with Crippen molar-refractivity contribution in [3.8, 4) is 0 Å². The molecule has 0 aromatic carbocycles. The molecule has 0 aromatic rings. The van der Waals surface area contributed by atoms with Crippen LogP contribution in [-0.2, 0) is 9.53 Å². The molecule has 5 heteroatoms. The van der Waals surface area contributed by atoms with Gasteiger partial charge in [0, 0.05) is 24.0 Å². The maximum atomic E-state index is 12.7. The molecule has 0 radical (unpaired) electrons. The first kappa shape index (κ1) is 16.1. The van der Waals surface area contributed by atoms with Crippen LogP contribution in [0.2, 0.25) is 0 Å². The summed E-state index contributed by atoms with van der Waals surface area (Å²) < 4.78 is 5.84. The standard InChI is InChI=1S/C15H26N2O2.ClH/c1-9(10-6-7-10)17-13(18)15(16)11-5-4-8-19-12(11)14(15,2)3;/h9-12H,4-8,16H2,1-3H3,(H,17,18);1H. The van der Waals surface area contributed by atoms with E-state index in [0.29, 0.717) is 5.92 Å². The minimum absolute atomic E-state index is 0. The topological polar surface area (TPSA) is 64.4 Å². The molecule has 20 heavy (non-hydrogen) atoms. The van der Waals surface area contributed by atoms with Gasteiger partial charge in [0.25, 0.3) is 0 Å². The number of hydrogen-bond donors (Lipinski definition) is 2. The SMILES string of the molecule is CC(NC(=O)C1(N)C2CCCOC2C1(C)C)C1CC1.Cl. The molecule has 1 aliphatic heterocycles. The Morgan fingerprint density at radius 3 is 2.60 bits per heavy atom. The van der Waals surface area contributed by atoms with Crippen molar-refractivity contribution in [2.24, 2.45) is 23.0 Å². The molecule has 4 unspecified atom stereocenters. The van der Waals surface area contributed by atoms with Crippen molar-refractivity contribution in [2.75, 3.05) is 6.61 Å². The van der Waals surface area contributed by atoms with Crippen molar-refractivity contribution < 1.29 is 9.53 Å². The molecule has 3 N–H and O–H groups in total. The predicted molar refractivity (Wildman–Crippen MR) is 80.7 cm³/mol. The fourth-order valence-corrected chi connectivity index (χ4v) is 4.08. The normalized spacial score (nSPS) is 39.8. The van der Waals surface area contributed by atoms with E-state index < -0.39 is 5.54 Å². The molecule has 116 valence electrons. The number of hydrogen-bond acceptors (Lipinski definition) is 3. The molecule has 1 saturated heterocycles. The Labute approximate surface area is 127 Å². The van der Waals surface area contributed by atoms with Crippen LogP contribution in [0.1, 0.15) is 46.5 Å². The van der Waals surface area contributed by atoms with Gasteiger partial charge >= 0.3 is 0 Å². The lowest BCUT2D eigenvalue weighted by atomic mass is 9.46. The van der Waals surface area contributed by atoms with E-state index in [1.54, 1.807) is 0 Å². The van der Waals surface area contributed by atoms with Crippen LogP contribution in [0.25, 0.3) is 0 Å². The first-order valence-electron chi connectivity index (χ1n) is 7.60. The maximum Gasteiger partial charge on any atom is 0.241 e. The van der Waals surface area contributed by atoms with Gasteiger partial charge in [0.1, 0.15) is 5.54 Å².